The van der Waals surface area contributed by atoms with Gasteiger partial charge in [0.2, 0.25) is 0 Å². The molecule has 2 aliphatic rings. The Morgan fingerprint density at radius 2 is 2.14 bits per heavy atom. The third-order valence-corrected chi connectivity index (χ3v) is 5.40. The molecule has 1 heterocycles. The molecule has 0 spiro atoms. The van der Waals surface area contributed by atoms with Crippen molar-refractivity contribution < 1.29 is 19.0 Å². The van der Waals surface area contributed by atoms with Crippen LogP contribution < -0.4 is 0 Å². The predicted molar refractivity (Wildman–Crippen MR) is 80.7 cm³/mol. The summed E-state index contributed by atoms with van der Waals surface area (Å²) in [7, 11) is 0. The second-order valence-electron chi connectivity index (χ2n) is 7.27. The maximum absolute atomic E-state index is 10.9. The first-order valence-electron chi connectivity index (χ1n) is 8.27. The van der Waals surface area contributed by atoms with Crippen LogP contribution in [-0.4, -0.2) is 32.1 Å². The van der Waals surface area contributed by atoms with Gasteiger partial charge in [0.25, 0.3) is 0 Å². The zero-order chi connectivity index (χ0) is 15.5. The second-order valence-corrected chi connectivity index (χ2v) is 7.27. The Balaban J connectivity index is 1.73. The van der Waals surface area contributed by atoms with Crippen molar-refractivity contribution in [2.24, 2.45) is 23.2 Å². The Kier molecular flexibility index (Phi) is 5.67. The summed E-state index contributed by atoms with van der Waals surface area (Å²) in [6.07, 6.45) is 4.56. The summed E-state index contributed by atoms with van der Waals surface area (Å²) in [5.74, 6) is 1.39. The van der Waals surface area contributed by atoms with Gasteiger partial charge in [-0.2, -0.15) is 0 Å². The first kappa shape index (κ1) is 16.8. The van der Waals surface area contributed by atoms with Gasteiger partial charge in [0.1, 0.15) is 0 Å². The van der Waals surface area contributed by atoms with Crippen molar-refractivity contribution in [3.05, 3.63) is 0 Å². The van der Waals surface area contributed by atoms with E-state index in [1.807, 2.05) is 0 Å². The molecule has 2 fully saturated rings. The molecule has 1 aliphatic heterocycles. The van der Waals surface area contributed by atoms with Crippen LogP contribution in [0.1, 0.15) is 53.4 Å². The van der Waals surface area contributed by atoms with Gasteiger partial charge in [0.15, 0.2) is 6.29 Å². The van der Waals surface area contributed by atoms with Crippen LogP contribution >= 0.6 is 0 Å². The zero-order valence-corrected chi connectivity index (χ0v) is 13.9. The summed E-state index contributed by atoms with van der Waals surface area (Å²) in [5, 5.41) is 0. The van der Waals surface area contributed by atoms with E-state index < -0.39 is 0 Å². The Hall–Kier alpha value is -0.610. The number of rotatable bonds is 6. The van der Waals surface area contributed by atoms with E-state index in [-0.39, 0.29) is 17.7 Å². The van der Waals surface area contributed by atoms with Crippen LogP contribution in [0.5, 0.6) is 0 Å². The van der Waals surface area contributed by atoms with Crippen LogP contribution in [0, 0.1) is 23.2 Å². The molecular formula is C17H30O4. The Morgan fingerprint density at radius 1 is 1.38 bits per heavy atom. The van der Waals surface area contributed by atoms with Crippen molar-refractivity contribution in [1.82, 2.24) is 0 Å². The summed E-state index contributed by atoms with van der Waals surface area (Å²) < 4.78 is 16.7. The number of hydrogen-bond donors (Lipinski definition) is 0. The lowest BCUT2D eigenvalue weighted by atomic mass is 9.51. The largest absolute Gasteiger partial charge is 0.466 e. The van der Waals surface area contributed by atoms with E-state index in [9.17, 15) is 4.79 Å². The molecule has 0 radical (unpaired) electrons. The highest BCUT2D eigenvalue weighted by Crippen LogP contribution is 2.54. The van der Waals surface area contributed by atoms with Gasteiger partial charge < -0.3 is 14.2 Å². The van der Waals surface area contributed by atoms with Crippen molar-refractivity contribution in [3.8, 4) is 0 Å². The Bertz CT molecular complexity index is 347. The summed E-state index contributed by atoms with van der Waals surface area (Å²) in [6.45, 7) is 10.4. The lowest BCUT2D eigenvalue weighted by Gasteiger charge is -2.55. The third-order valence-electron chi connectivity index (χ3n) is 5.40. The van der Waals surface area contributed by atoms with E-state index >= 15 is 0 Å². The maximum Gasteiger partial charge on any atom is 0.302 e. The van der Waals surface area contributed by atoms with Gasteiger partial charge in [-0.05, 0) is 48.9 Å². The van der Waals surface area contributed by atoms with Crippen molar-refractivity contribution in [2.45, 2.75) is 59.7 Å². The molecule has 0 amide bonds. The van der Waals surface area contributed by atoms with E-state index in [1.54, 1.807) is 0 Å². The second kappa shape index (κ2) is 7.10. The quantitative estimate of drug-likeness (QED) is 0.705. The highest BCUT2D eigenvalue weighted by molar-refractivity contribution is 5.65. The first-order valence-corrected chi connectivity index (χ1v) is 8.27. The van der Waals surface area contributed by atoms with Crippen molar-refractivity contribution in [1.29, 1.82) is 0 Å². The SMILES string of the molecule is CC(=O)OCC(C)C1CC(COC2CCCCO2)C1(C)C. The molecule has 2 rings (SSSR count). The van der Waals surface area contributed by atoms with Gasteiger partial charge in [-0.25, -0.2) is 0 Å². The summed E-state index contributed by atoms with van der Waals surface area (Å²) in [4.78, 5) is 10.9. The molecule has 0 aromatic carbocycles. The molecule has 1 saturated carbocycles. The van der Waals surface area contributed by atoms with Crippen LogP contribution in [0.4, 0.5) is 0 Å². The first-order chi connectivity index (χ1) is 9.91. The van der Waals surface area contributed by atoms with Gasteiger partial charge >= 0.3 is 5.97 Å². The fourth-order valence-corrected chi connectivity index (χ4v) is 3.74. The van der Waals surface area contributed by atoms with Crippen molar-refractivity contribution >= 4 is 5.97 Å². The molecule has 4 unspecified atom stereocenters. The number of esters is 1. The number of hydrogen-bond acceptors (Lipinski definition) is 4. The number of carbonyl (C=O) groups excluding carboxylic acids is 1. The zero-order valence-electron chi connectivity index (χ0n) is 13.9. The Labute approximate surface area is 128 Å². The van der Waals surface area contributed by atoms with Gasteiger partial charge in [-0.3, -0.25) is 4.79 Å². The van der Waals surface area contributed by atoms with E-state index in [0.717, 1.165) is 32.5 Å². The molecule has 0 bridgehead atoms. The molecule has 4 atom stereocenters. The molecule has 4 heteroatoms. The van der Waals surface area contributed by atoms with Crippen LogP contribution in [0.15, 0.2) is 0 Å². The highest BCUT2D eigenvalue weighted by atomic mass is 16.7. The minimum absolute atomic E-state index is 0.00655. The minimum atomic E-state index is -0.187. The highest BCUT2D eigenvalue weighted by Gasteiger charge is 2.50. The molecule has 122 valence electrons. The topological polar surface area (TPSA) is 44.8 Å². The van der Waals surface area contributed by atoms with Crippen molar-refractivity contribution in [2.75, 3.05) is 19.8 Å². The molecule has 1 aliphatic carbocycles. The lowest BCUT2D eigenvalue weighted by Crippen LogP contribution is -2.51. The molecule has 1 saturated heterocycles. The fourth-order valence-electron chi connectivity index (χ4n) is 3.74. The number of carbonyl (C=O) groups is 1. The maximum atomic E-state index is 10.9. The van der Waals surface area contributed by atoms with Crippen molar-refractivity contribution in [3.63, 3.8) is 0 Å². The number of ether oxygens (including phenoxy) is 3. The van der Waals surface area contributed by atoms with E-state index in [2.05, 4.69) is 20.8 Å². The molecule has 0 aromatic heterocycles. The van der Waals surface area contributed by atoms with E-state index in [1.165, 1.54) is 13.3 Å². The fraction of sp³-hybridized carbons (Fsp3) is 0.941. The third kappa shape index (κ3) is 4.19. The standard InChI is InChI=1S/C17H30O4/c1-12(10-20-13(2)18)15-9-14(17(15,3)4)11-21-16-7-5-6-8-19-16/h12,14-16H,5-11H2,1-4H3. The minimum Gasteiger partial charge on any atom is -0.466 e. The predicted octanol–water partition coefficient (Wildman–Crippen LogP) is 3.39. The van der Waals surface area contributed by atoms with Gasteiger partial charge in [0.05, 0.1) is 13.2 Å². The molecule has 21 heavy (non-hydrogen) atoms. The van der Waals surface area contributed by atoms with Crippen LogP contribution in [0.3, 0.4) is 0 Å². The summed E-state index contributed by atoms with van der Waals surface area (Å²) in [5.41, 5.74) is 0.244. The molecular weight excluding hydrogens is 268 g/mol. The summed E-state index contributed by atoms with van der Waals surface area (Å²) in [6, 6.07) is 0. The molecule has 4 nitrogen and oxygen atoms in total. The van der Waals surface area contributed by atoms with E-state index in [4.69, 9.17) is 14.2 Å². The average Bonchev–Trinajstić information content (AvgIpc) is 2.45. The Morgan fingerprint density at radius 3 is 2.71 bits per heavy atom. The molecule has 0 N–H and O–H groups in total. The van der Waals surface area contributed by atoms with Crippen LogP contribution in [0.2, 0.25) is 0 Å². The average molecular weight is 298 g/mol. The molecule has 0 aromatic rings. The van der Waals surface area contributed by atoms with Gasteiger partial charge in [0, 0.05) is 13.5 Å². The van der Waals surface area contributed by atoms with E-state index in [0.29, 0.717) is 24.4 Å². The van der Waals surface area contributed by atoms with Gasteiger partial charge in [-0.15, -0.1) is 0 Å². The van der Waals surface area contributed by atoms with Crippen LogP contribution in [0.25, 0.3) is 0 Å². The van der Waals surface area contributed by atoms with Crippen LogP contribution in [-0.2, 0) is 19.0 Å². The smallest absolute Gasteiger partial charge is 0.302 e. The van der Waals surface area contributed by atoms with Gasteiger partial charge in [-0.1, -0.05) is 20.8 Å². The normalized spacial score (nSPS) is 33.0. The monoisotopic (exact) mass is 298 g/mol. The lowest BCUT2D eigenvalue weighted by molar-refractivity contribution is -0.196. The summed E-state index contributed by atoms with van der Waals surface area (Å²) >= 11 is 0.